The number of carbonyl (C=O) groups is 1. The van der Waals surface area contributed by atoms with E-state index in [0.717, 1.165) is 45.6 Å². The van der Waals surface area contributed by atoms with Gasteiger partial charge in [0.25, 0.3) is 5.91 Å². The molecule has 3 aromatic carbocycles. The molecule has 0 fully saturated rings. The van der Waals surface area contributed by atoms with Crippen LogP contribution >= 0.6 is 15.9 Å². The molecule has 0 saturated carbocycles. The normalized spacial score (nSPS) is 14.5. The van der Waals surface area contributed by atoms with E-state index in [0.29, 0.717) is 18.1 Å². The van der Waals surface area contributed by atoms with Crippen LogP contribution in [0.2, 0.25) is 0 Å². The molecule has 0 atom stereocenters. The third kappa shape index (κ3) is 5.34. The Kier molecular flexibility index (Phi) is 7.25. The zero-order valence-electron chi connectivity index (χ0n) is 18.6. The summed E-state index contributed by atoms with van der Waals surface area (Å²) in [5, 5.41) is 0. The first-order valence-corrected chi connectivity index (χ1v) is 11.7. The highest BCUT2D eigenvalue weighted by Gasteiger charge is 2.32. The molecule has 3 aromatic rings. The third-order valence-electron chi connectivity index (χ3n) is 5.24. The average molecular weight is 505 g/mol. The molecule has 0 radical (unpaired) electrons. The van der Waals surface area contributed by atoms with Gasteiger partial charge in [-0.25, -0.2) is 4.99 Å². The van der Waals surface area contributed by atoms with Crippen molar-refractivity contribution in [2.75, 3.05) is 18.6 Å². The van der Waals surface area contributed by atoms with E-state index in [1.807, 2.05) is 72.8 Å². The number of rotatable bonds is 8. The Morgan fingerprint density at radius 1 is 0.939 bits per heavy atom. The van der Waals surface area contributed by atoms with E-state index < -0.39 is 0 Å². The summed E-state index contributed by atoms with van der Waals surface area (Å²) in [5.74, 6) is 1.93. The maximum atomic E-state index is 13.4. The van der Waals surface area contributed by atoms with Gasteiger partial charge in [-0.3, -0.25) is 9.69 Å². The highest BCUT2D eigenvalue weighted by molar-refractivity contribution is 9.10. The lowest BCUT2D eigenvalue weighted by Crippen LogP contribution is -2.32. The number of halogens is 1. The van der Waals surface area contributed by atoms with Crippen LogP contribution in [0.25, 0.3) is 6.08 Å². The lowest BCUT2D eigenvalue weighted by atomic mass is 10.1. The smallest absolute Gasteiger partial charge is 0.282 e. The summed E-state index contributed by atoms with van der Waals surface area (Å²) in [6, 6.07) is 22.9. The molecule has 33 heavy (non-hydrogen) atoms. The van der Waals surface area contributed by atoms with Crippen LogP contribution in [0.4, 0.5) is 5.69 Å². The first-order valence-electron chi connectivity index (χ1n) is 10.9. The molecule has 0 saturated heterocycles. The number of hydrogen-bond donors (Lipinski definition) is 0. The highest BCUT2D eigenvalue weighted by atomic mass is 79.9. The van der Waals surface area contributed by atoms with Gasteiger partial charge in [0, 0.05) is 10.0 Å². The van der Waals surface area contributed by atoms with E-state index in [9.17, 15) is 4.79 Å². The van der Waals surface area contributed by atoms with Crippen molar-refractivity contribution in [2.24, 2.45) is 4.99 Å². The second-order valence-electron chi connectivity index (χ2n) is 7.58. The monoisotopic (exact) mass is 504 g/mol. The van der Waals surface area contributed by atoms with E-state index in [-0.39, 0.29) is 5.91 Å². The molecule has 4 rings (SSSR count). The van der Waals surface area contributed by atoms with Crippen molar-refractivity contribution < 1.29 is 14.3 Å². The molecule has 0 N–H and O–H groups in total. The molecular formula is C27H25BrN2O3. The number of hydrogen-bond acceptors (Lipinski definition) is 4. The molecular weight excluding hydrogens is 480 g/mol. The number of nitrogens with zero attached hydrogens (tertiary/aromatic N) is 2. The van der Waals surface area contributed by atoms with E-state index in [4.69, 9.17) is 14.5 Å². The van der Waals surface area contributed by atoms with Gasteiger partial charge >= 0.3 is 0 Å². The summed E-state index contributed by atoms with van der Waals surface area (Å²) in [7, 11) is 1.62. The fraction of sp³-hybridized carbons (Fsp3) is 0.185. The van der Waals surface area contributed by atoms with Crippen molar-refractivity contribution in [3.63, 3.8) is 0 Å². The lowest BCUT2D eigenvalue weighted by molar-refractivity contribution is -0.113. The molecule has 0 bridgehead atoms. The molecule has 6 heteroatoms. The first kappa shape index (κ1) is 22.8. The summed E-state index contributed by atoms with van der Waals surface area (Å²) >= 11 is 3.44. The van der Waals surface area contributed by atoms with Crippen LogP contribution in [0.15, 0.2) is 88.0 Å². The van der Waals surface area contributed by atoms with Crippen LogP contribution in [-0.4, -0.2) is 25.5 Å². The zero-order chi connectivity index (χ0) is 23.2. The van der Waals surface area contributed by atoms with Gasteiger partial charge in [-0.15, -0.1) is 0 Å². The zero-order valence-corrected chi connectivity index (χ0v) is 20.2. The molecule has 1 heterocycles. The van der Waals surface area contributed by atoms with Crippen molar-refractivity contribution in [2.45, 2.75) is 19.8 Å². The van der Waals surface area contributed by atoms with Gasteiger partial charge < -0.3 is 9.47 Å². The largest absolute Gasteiger partial charge is 0.497 e. The Bertz CT molecular complexity index is 1170. The predicted octanol–water partition coefficient (Wildman–Crippen LogP) is 6.47. The van der Waals surface area contributed by atoms with Gasteiger partial charge in [-0.2, -0.15) is 0 Å². The number of aliphatic imine (C=N–C) groups is 1. The van der Waals surface area contributed by atoms with Crippen molar-refractivity contribution in [1.82, 2.24) is 0 Å². The number of ether oxygens (including phenoxy) is 2. The minimum absolute atomic E-state index is 0.179. The second kappa shape index (κ2) is 10.5. The van der Waals surface area contributed by atoms with E-state index in [1.165, 1.54) is 0 Å². The standard InChI is InChI=1S/C27H25BrN2O3/c1-3-4-17-33-24-13-7-20(8-14-24)26-29-25(18-19-5-9-21(28)10-6-19)27(31)30(26)22-11-15-23(32-2)16-12-22/h5-16,18H,3-4,17H2,1-2H3/b25-18-. The number of benzene rings is 3. The molecule has 0 aromatic heterocycles. The Balaban J connectivity index is 1.70. The lowest BCUT2D eigenvalue weighted by Gasteiger charge is -2.19. The topological polar surface area (TPSA) is 51.1 Å². The van der Waals surface area contributed by atoms with Crippen LogP contribution in [0.5, 0.6) is 11.5 Å². The van der Waals surface area contributed by atoms with E-state index in [1.54, 1.807) is 18.1 Å². The Morgan fingerprint density at radius 3 is 2.24 bits per heavy atom. The second-order valence-corrected chi connectivity index (χ2v) is 8.50. The van der Waals surface area contributed by atoms with Crippen LogP contribution in [-0.2, 0) is 4.79 Å². The van der Waals surface area contributed by atoms with Crippen molar-refractivity contribution in [3.05, 3.63) is 94.1 Å². The fourth-order valence-electron chi connectivity index (χ4n) is 3.43. The summed E-state index contributed by atoms with van der Waals surface area (Å²) in [4.78, 5) is 19.8. The van der Waals surface area contributed by atoms with Crippen molar-refractivity contribution in [3.8, 4) is 11.5 Å². The van der Waals surface area contributed by atoms with Gasteiger partial charge in [0.1, 0.15) is 23.0 Å². The van der Waals surface area contributed by atoms with Crippen LogP contribution in [0.3, 0.4) is 0 Å². The number of anilines is 1. The average Bonchev–Trinajstić information content (AvgIpc) is 3.17. The van der Waals surface area contributed by atoms with Crippen LogP contribution < -0.4 is 14.4 Å². The first-order chi connectivity index (χ1) is 16.1. The molecule has 5 nitrogen and oxygen atoms in total. The number of carbonyl (C=O) groups excluding carboxylic acids is 1. The fourth-order valence-corrected chi connectivity index (χ4v) is 3.70. The molecule has 1 aliphatic rings. The molecule has 1 aliphatic heterocycles. The molecule has 0 unspecified atom stereocenters. The maximum Gasteiger partial charge on any atom is 0.282 e. The third-order valence-corrected chi connectivity index (χ3v) is 5.77. The van der Waals surface area contributed by atoms with E-state index in [2.05, 4.69) is 22.9 Å². The summed E-state index contributed by atoms with van der Waals surface area (Å²) in [6.07, 6.45) is 3.90. The summed E-state index contributed by atoms with van der Waals surface area (Å²) in [5.41, 5.74) is 2.84. The molecule has 168 valence electrons. The van der Waals surface area contributed by atoms with Gasteiger partial charge in [-0.05, 0) is 78.7 Å². The van der Waals surface area contributed by atoms with E-state index >= 15 is 0 Å². The summed E-state index contributed by atoms with van der Waals surface area (Å²) < 4.78 is 12.0. The SMILES string of the molecule is CCCCOc1ccc(C2=N/C(=C\c3ccc(Br)cc3)C(=O)N2c2ccc(OC)cc2)cc1. The quantitative estimate of drug-likeness (QED) is 0.261. The van der Waals surface area contributed by atoms with Crippen LogP contribution in [0.1, 0.15) is 30.9 Å². The minimum Gasteiger partial charge on any atom is -0.497 e. The molecule has 0 spiro atoms. The summed E-state index contributed by atoms with van der Waals surface area (Å²) in [6.45, 7) is 2.82. The van der Waals surface area contributed by atoms with Gasteiger partial charge in [0.05, 0.1) is 19.4 Å². The minimum atomic E-state index is -0.179. The number of methoxy groups -OCH3 is 1. The Labute approximate surface area is 202 Å². The molecule has 1 amide bonds. The van der Waals surface area contributed by atoms with Crippen molar-refractivity contribution >= 4 is 39.4 Å². The number of amidine groups is 1. The van der Waals surface area contributed by atoms with Gasteiger partial charge in [0.15, 0.2) is 0 Å². The Morgan fingerprint density at radius 2 is 1.61 bits per heavy atom. The number of amides is 1. The highest BCUT2D eigenvalue weighted by Crippen LogP contribution is 2.30. The van der Waals surface area contributed by atoms with Crippen LogP contribution in [0, 0.1) is 0 Å². The Hall–Kier alpha value is -3.38. The van der Waals surface area contributed by atoms with Gasteiger partial charge in [0.2, 0.25) is 0 Å². The van der Waals surface area contributed by atoms with Gasteiger partial charge in [-0.1, -0.05) is 41.4 Å². The predicted molar refractivity (Wildman–Crippen MR) is 136 cm³/mol. The number of unbranched alkanes of at least 4 members (excludes halogenated alkanes) is 1. The molecule has 0 aliphatic carbocycles. The van der Waals surface area contributed by atoms with Crippen molar-refractivity contribution in [1.29, 1.82) is 0 Å². The maximum absolute atomic E-state index is 13.4.